The summed E-state index contributed by atoms with van der Waals surface area (Å²) in [5.74, 6) is -3.97. The second-order valence-corrected chi connectivity index (χ2v) is 7.61. The van der Waals surface area contributed by atoms with Crippen LogP contribution in [0.15, 0.2) is 46.8 Å². The van der Waals surface area contributed by atoms with E-state index in [2.05, 4.69) is 5.32 Å². The van der Waals surface area contributed by atoms with Crippen LogP contribution in [0.3, 0.4) is 0 Å². The summed E-state index contributed by atoms with van der Waals surface area (Å²) in [4.78, 5) is 49.5. The third kappa shape index (κ3) is 3.95. The van der Waals surface area contributed by atoms with Crippen molar-refractivity contribution in [1.29, 1.82) is 0 Å². The number of hydrogen-bond acceptors (Lipinski definition) is 8. The number of ether oxygens (including phenoxy) is 2. The number of carbonyl (C=O) groups is 3. The molecule has 0 spiro atoms. The summed E-state index contributed by atoms with van der Waals surface area (Å²) in [7, 11) is 1.22. The van der Waals surface area contributed by atoms with Crippen molar-refractivity contribution in [3.8, 4) is 0 Å². The van der Waals surface area contributed by atoms with Crippen molar-refractivity contribution in [3.63, 3.8) is 0 Å². The van der Waals surface area contributed by atoms with Crippen molar-refractivity contribution < 1.29 is 28.8 Å². The van der Waals surface area contributed by atoms with Crippen molar-refractivity contribution in [2.24, 2.45) is 11.8 Å². The van der Waals surface area contributed by atoms with Crippen molar-refractivity contribution in [2.75, 3.05) is 13.7 Å². The second-order valence-electron chi connectivity index (χ2n) is 7.61. The summed E-state index contributed by atoms with van der Waals surface area (Å²) in [5.41, 5.74) is 1.76. The number of methoxy groups -OCH3 is 1. The molecule has 0 amide bonds. The summed E-state index contributed by atoms with van der Waals surface area (Å²) in [6, 6.07) is 5.80. The first kappa shape index (κ1) is 22.2. The Hall–Kier alpha value is -3.49. The first-order chi connectivity index (χ1) is 14.7. The summed E-state index contributed by atoms with van der Waals surface area (Å²) >= 11 is 0. The number of allylic oxidation sites excluding steroid dienone is 3. The Bertz CT molecular complexity index is 1020. The highest BCUT2D eigenvalue weighted by atomic mass is 16.6. The maximum atomic E-state index is 13.5. The van der Waals surface area contributed by atoms with Gasteiger partial charge in [0.05, 0.1) is 24.2 Å². The van der Waals surface area contributed by atoms with E-state index in [1.165, 1.54) is 25.3 Å². The number of Topliss-reactive ketones (excluding diaryl/α,β-unsaturated/α-hetero) is 1. The fourth-order valence-corrected chi connectivity index (χ4v) is 4.31. The van der Waals surface area contributed by atoms with Gasteiger partial charge in [-0.05, 0) is 31.7 Å². The molecule has 0 fully saturated rings. The highest BCUT2D eigenvalue weighted by Crippen LogP contribution is 2.45. The van der Waals surface area contributed by atoms with Gasteiger partial charge in [-0.2, -0.15) is 0 Å². The molecule has 31 heavy (non-hydrogen) atoms. The van der Waals surface area contributed by atoms with Gasteiger partial charge in [-0.1, -0.05) is 19.1 Å². The SMILES string of the molecule is CCOC(=O)C1=C(C)NC2=C(C(=O)C(C(=O)OC)C(C)C2)C1c1cccc([N+](=O)[O-])c1. The zero-order valence-corrected chi connectivity index (χ0v) is 17.8. The molecule has 164 valence electrons. The van der Waals surface area contributed by atoms with E-state index in [0.717, 1.165) is 0 Å². The van der Waals surface area contributed by atoms with Gasteiger partial charge in [-0.3, -0.25) is 19.7 Å². The molecule has 0 saturated heterocycles. The Balaban J connectivity index is 2.22. The topological polar surface area (TPSA) is 125 Å². The molecule has 0 bridgehead atoms. The Morgan fingerprint density at radius 1 is 1.32 bits per heavy atom. The van der Waals surface area contributed by atoms with Gasteiger partial charge in [-0.25, -0.2) is 4.79 Å². The summed E-state index contributed by atoms with van der Waals surface area (Å²) < 4.78 is 10.1. The quantitative estimate of drug-likeness (QED) is 0.328. The van der Waals surface area contributed by atoms with E-state index in [-0.39, 0.29) is 29.4 Å². The number of nitrogens with zero attached hydrogens (tertiary/aromatic N) is 1. The molecule has 0 radical (unpaired) electrons. The van der Waals surface area contributed by atoms with E-state index in [0.29, 0.717) is 23.4 Å². The Labute approximate surface area is 179 Å². The van der Waals surface area contributed by atoms with Gasteiger partial charge in [0.1, 0.15) is 5.92 Å². The molecule has 3 unspecified atom stereocenters. The smallest absolute Gasteiger partial charge is 0.336 e. The predicted octanol–water partition coefficient (Wildman–Crippen LogP) is 2.77. The van der Waals surface area contributed by atoms with Gasteiger partial charge < -0.3 is 14.8 Å². The molecule has 0 aromatic heterocycles. The van der Waals surface area contributed by atoms with Gasteiger partial charge >= 0.3 is 11.9 Å². The Kier molecular flexibility index (Phi) is 6.24. The van der Waals surface area contributed by atoms with Crippen LogP contribution >= 0.6 is 0 Å². The molecule has 1 N–H and O–H groups in total. The number of ketones is 1. The minimum absolute atomic E-state index is 0.124. The van der Waals surface area contributed by atoms with E-state index >= 15 is 0 Å². The number of dihydropyridines is 1. The van der Waals surface area contributed by atoms with Crippen molar-refractivity contribution in [1.82, 2.24) is 5.32 Å². The lowest BCUT2D eigenvalue weighted by Gasteiger charge is -2.38. The van der Waals surface area contributed by atoms with Crippen LogP contribution in [0.1, 0.15) is 38.7 Å². The van der Waals surface area contributed by atoms with Crippen molar-refractivity contribution >= 4 is 23.4 Å². The first-order valence-electron chi connectivity index (χ1n) is 9.95. The molecule has 0 saturated carbocycles. The number of nitro benzene ring substituents is 1. The van der Waals surface area contributed by atoms with Crippen LogP contribution in [-0.4, -0.2) is 36.4 Å². The average Bonchev–Trinajstić information content (AvgIpc) is 2.72. The maximum Gasteiger partial charge on any atom is 0.336 e. The highest BCUT2D eigenvalue weighted by molar-refractivity contribution is 6.12. The zero-order valence-electron chi connectivity index (χ0n) is 17.8. The van der Waals surface area contributed by atoms with Crippen molar-refractivity contribution in [3.05, 3.63) is 62.5 Å². The number of rotatable bonds is 5. The molecule has 1 heterocycles. The van der Waals surface area contributed by atoms with E-state index in [4.69, 9.17) is 9.47 Å². The van der Waals surface area contributed by atoms with E-state index in [1.807, 2.05) is 0 Å². The number of non-ortho nitro benzene ring substituents is 1. The number of nitrogens with one attached hydrogen (secondary N) is 1. The number of benzene rings is 1. The largest absolute Gasteiger partial charge is 0.468 e. The molecule has 1 aromatic rings. The van der Waals surface area contributed by atoms with E-state index in [1.54, 1.807) is 26.8 Å². The molecule has 9 nitrogen and oxygen atoms in total. The average molecular weight is 428 g/mol. The zero-order chi connectivity index (χ0) is 22.9. The molecule has 9 heteroatoms. The molecule has 3 atom stereocenters. The Morgan fingerprint density at radius 2 is 2.03 bits per heavy atom. The third-order valence-electron chi connectivity index (χ3n) is 5.65. The van der Waals surface area contributed by atoms with Gasteiger partial charge in [0.25, 0.3) is 5.69 Å². The lowest BCUT2D eigenvalue weighted by atomic mass is 9.69. The summed E-state index contributed by atoms with van der Waals surface area (Å²) in [6.45, 7) is 5.27. The standard InChI is InChI=1S/C22H24N2O7/c1-5-31-22(27)17-12(3)23-15-9-11(2)16(21(26)30-4)20(25)19(15)18(17)13-7-6-8-14(10-13)24(28)29/h6-8,10-11,16,18,23H,5,9H2,1-4H3. The first-order valence-corrected chi connectivity index (χ1v) is 9.95. The van der Waals surface area contributed by atoms with E-state index in [9.17, 15) is 24.5 Å². The number of nitro groups is 1. The monoisotopic (exact) mass is 428 g/mol. The lowest BCUT2D eigenvalue weighted by molar-refractivity contribution is -0.384. The van der Waals surface area contributed by atoms with E-state index < -0.39 is 34.5 Å². The van der Waals surface area contributed by atoms with Crippen LogP contribution in [0.2, 0.25) is 0 Å². The minimum Gasteiger partial charge on any atom is -0.468 e. The lowest BCUT2D eigenvalue weighted by Crippen LogP contribution is -2.43. The fraction of sp³-hybridized carbons (Fsp3) is 0.409. The number of esters is 2. The second kappa shape index (κ2) is 8.71. The van der Waals surface area contributed by atoms with Crippen LogP contribution in [0.4, 0.5) is 5.69 Å². The fourth-order valence-electron chi connectivity index (χ4n) is 4.31. The highest BCUT2D eigenvalue weighted by Gasteiger charge is 2.47. The molecule has 1 aliphatic heterocycles. The van der Waals surface area contributed by atoms with Gasteiger partial charge in [0.2, 0.25) is 0 Å². The third-order valence-corrected chi connectivity index (χ3v) is 5.65. The van der Waals surface area contributed by atoms with Crippen LogP contribution in [0.25, 0.3) is 0 Å². The van der Waals surface area contributed by atoms with Crippen molar-refractivity contribution in [2.45, 2.75) is 33.1 Å². The van der Waals surface area contributed by atoms with Crippen LogP contribution in [-0.2, 0) is 23.9 Å². The molecule has 1 aromatic carbocycles. The van der Waals surface area contributed by atoms with Crippen LogP contribution < -0.4 is 5.32 Å². The summed E-state index contributed by atoms with van der Waals surface area (Å²) in [5, 5.41) is 14.5. The van der Waals surface area contributed by atoms with Gasteiger partial charge in [0.15, 0.2) is 5.78 Å². The van der Waals surface area contributed by atoms with Crippen LogP contribution in [0, 0.1) is 22.0 Å². The van der Waals surface area contributed by atoms with Gasteiger partial charge in [-0.15, -0.1) is 0 Å². The van der Waals surface area contributed by atoms with Gasteiger partial charge in [0, 0.05) is 35.0 Å². The van der Waals surface area contributed by atoms with Crippen LogP contribution in [0.5, 0.6) is 0 Å². The molecule has 3 rings (SSSR count). The molecule has 1 aliphatic carbocycles. The predicted molar refractivity (Wildman–Crippen MR) is 110 cm³/mol. The number of carbonyl (C=O) groups excluding carboxylic acids is 3. The Morgan fingerprint density at radius 3 is 2.65 bits per heavy atom. The summed E-state index contributed by atoms with van der Waals surface area (Å²) in [6.07, 6.45) is 0.389. The molecule has 2 aliphatic rings. The number of hydrogen-bond donors (Lipinski definition) is 1. The molecular weight excluding hydrogens is 404 g/mol. The maximum absolute atomic E-state index is 13.5. The minimum atomic E-state index is -1.02. The normalized spacial score (nSPS) is 23.1. The molecular formula is C22H24N2O7.